The first kappa shape index (κ1) is 14.2. The van der Waals surface area contributed by atoms with Crippen LogP contribution in [-0.4, -0.2) is 41.9 Å². The summed E-state index contributed by atoms with van der Waals surface area (Å²) in [5.41, 5.74) is 1.20. The zero-order valence-electron chi connectivity index (χ0n) is 11.3. The minimum absolute atomic E-state index is 0.160. The topological polar surface area (TPSA) is 32.3 Å². The highest BCUT2D eigenvalue weighted by Crippen LogP contribution is 2.32. The van der Waals surface area contributed by atoms with Crippen molar-refractivity contribution in [3.05, 3.63) is 34.9 Å². The van der Waals surface area contributed by atoms with Gasteiger partial charge in [-0.15, -0.1) is 0 Å². The van der Waals surface area contributed by atoms with Crippen molar-refractivity contribution >= 4 is 29.3 Å². The van der Waals surface area contributed by atoms with Crippen molar-refractivity contribution in [3.8, 4) is 0 Å². The van der Waals surface area contributed by atoms with Crippen molar-refractivity contribution in [2.75, 3.05) is 31.1 Å². The first-order chi connectivity index (χ1) is 9.75. The van der Waals surface area contributed by atoms with Crippen LogP contribution in [0, 0.1) is 5.92 Å². The Balaban J connectivity index is 1.79. The molecule has 108 valence electrons. The quantitative estimate of drug-likeness (QED) is 0.911. The fourth-order valence-corrected chi connectivity index (χ4v) is 4.14. The van der Waals surface area contributed by atoms with Crippen LogP contribution in [0.4, 0.5) is 0 Å². The van der Waals surface area contributed by atoms with Crippen molar-refractivity contribution in [2.45, 2.75) is 12.5 Å². The Kier molecular flexibility index (Phi) is 4.54. The first-order valence-corrected chi connectivity index (χ1v) is 8.63. The van der Waals surface area contributed by atoms with Crippen molar-refractivity contribution in [3.63, 3.8) is 0 Å². The molecule has 0 radical (unpaired) electrons. The summed E-state index contributed by atoms with van der Waals surface area (Å²) in [6.07, 6.45) is 0.968. The van der Waals surface area contributed by atoms with Gasteiger partial charge in [0.25, 0.3) is 0 Å². The van der Waals surface area contributed by atoms with Gasteiger partial charge < -0.3 is 10.2 Å². The van der Waals surface area contributed by atoms with Gasteiger partial charge in [-0.2, -0.15) is 11.8 Å². The molecule has 3 nitrogen and oxygen atoms in total. The Morgan fingerprint density at radius 1 is 1.35 bits per heavy atom. The highest BCUT2D eigenvalue weighted by Gasteiger charge is 2.33. The Morgan fingerprint density at radius 3 is 2.85 bits per heavy atom. The normalized spacial score (nSPS) is 26.8. The van der Waals surface area contributed by atoms with E-state index in [9.17, 15) is 4.79 Å². The minimum Gasteiger partial charge on any atom is -0.334 e. The Bertz CT molecular complexity index is 473. The molecule has 3 rings (SSSR count). The fraction of sp³-hybridized carbons (Fsp3) is 0.533. The molecule has 2 aliphatic heterocycles. The number of benzene rings is 1. The molecular weight excluding hydrogens is 292 g/mol. The molecule has 0 spiro atoms. The van der Waals surface area contributed by atoms with E-state index >= 15 is 0 Å². The summed E-state index contributed by atoms with van der Waals surface area (Å²) >= 11 is 7.88. The Morgan fingerprint density at radius 2 is 2.15 bits per heavy atom. The molecule has 1 amide bonds. The molecule has 1 aromatic rings. The Hall–Kier alpha value is -0.710. The van der Waals surface area contributed by atoms with E-state index in [0.717, 1.165) is 42.6 Å². The molecule has 0 aromatic heterocycles. The number of thioether (sulfide) groups is 1. The number of nitrogens with one attached hydrogen (secondary N) is 1. The van der Waals surface area contributed by atoms with Crippen molar-refractivity contribution in [1.29, 1.82) is 0 Å². The number of carbonyl (C=O) groups is 1. The monoisotopic (exact) mass is 310 g/mol. The third kappa shape index (κ3) is 2.97. The molecule has 5 heteroatoms. The summed E-state index contributed by atoms with van der Waals surface area (Å²) in [5.74, 6) is 2.49. The SMILES string of the molecule is O=C(C1CCNC1)N1CCSCC1c1ccc(Cl)cc1. The van der Waals surface area contributed by atoms with Crippen LogP contribution >= 0.6 is 23.4 Å². The molecule has 1 N–H and O–H groups in total. The molecule has 20 heavy (non-hydrogen) atoms. The third-order valence-corrected chi connectivity index (χ3v) is 5.35. The molecule has 1 aromatic carbocycles. The fourth-order valence-electron chi connectivity index (χ4n) is 2.93. The lowest BCUT2D eigenvalue weighted by Crippen LogP contribution is -2.44. The summed E-state index contributed by atoms with van der Waals surface area (Å²) in [4.78, 5) is 14.8. The highest BCUT2D eigenvalue weighted by molar-refractivity contribution is 7.99. The van der Waals surface area contributed by atoms with Gasteiger partial charge in [-0.3, -0.25) is 4.79 Å². The Labute approximate surface area is 129 Å². The number of amides is 1. The van der Waals surface area contributed by atoms with Crippen LogP contribution < -0.4 is 5.32 Å². The number of hydrogen-bond donors (Lipinski definition) is 1. The number of hydrogen-bond acceptors (Lipinski definition) is 3. The maximum atomic E-state index is 12.7. The van der Waals surface area contributed by atoms with E-state index in [2.05, 4.69) is 10.2 Å². The van der Waals surface area contributed by atoms with Gasteiger partial charge in [-0.1, -0.05) is 23.7 Å². The highest BCUT2D eigenvalue weighted by atomic mass is 35.5. The number of halogens is 1. The number of rotatable bonds is 2. The van der Waals surface area contributed by atoms with Gasteiger partial charge in [-0.05, 0) is 30.7 Å². The molecule has 2 aliphatic rings. The molecule has 2 fully saturated rings. The third-order valence-electron chi connectivity index (χ3n) is 4.08. The van der Waals surface area contributed by atoms with Crippen molar-refractivity contribution in [2.24, 2.45) is 5.92 Å². The van der Waals surface area contributed by atoms with Gasteiger partial charge in [0.2, 0.25) is 5.91 Å². The van der Waals surface area contributed by atoms with E-state index in [0.29, 0.717) is 5.91 Å². The van der Waals surface area contributed by atoms with Crippen LogP contribution in [0.5, 0.6) is 0 Å². The summed E-state index contributed by atoms with van der Waals surface area (Å²) in [6, 6.07) is 8.11. The minimum atomic E-state index is 0.160. The average Bonchev–Trinajstić information content (AvgIpc) is 3.02. The van der Waals surface area contributed by atoms with Crippen LogP contribution in [0.15, 0.2) is 24.3 Å². The molecule has 2 atom stereocenters. The lowest BCUT2D eigenvalue weighted by atomic mass is 10.0. The second-order valence-corrected chi connectivity index (χ2v) is 6.95. The summed E-state index contributed by atoms with van der Waals surface area (Å²) < 4.78 is 0. The second-order valence-electron chi connectivity index (χ2n) is 5.36. The summed E-state index contributed by atoms with van der Waals surface area (Å²) in [6.45, 7) is 2.65. The van der Waals surface area contributed by atoms with Gasteiger partial charge in [0.05, 0.1) is 12.0 Å². The molecule has 0 aliphatic carbocycles. The summed E-state index contributed by atoms with van der Waals surface area (Å²) in [5, 5.41) is 4.03. The number of carbonyl (C=O) groups excluding carboxylic acids is 1. The van der Waals surface area contributed by atoms with Crippen LogP contribution in [0.3, 0.4) is 0 Å². The molecule has 2 saturated heterocycles. The first-order valence-electron chi connectivity index (χ1n) is 7.10. The maximum Gasteiger partial charge on any atom is 0.227 e. The summed E-state index contributed by atoms with van der Waals surface area (Å²) in [7, 11) is 0. The lowest BCUT2D eigenvalue weighted by Gasteiger charge is -2.37. The molecule has 0 bridgehead atoms. The zero-order chi connectivity index (χ0) is 13.9. The standard InChI is InChI=1S/C15H19ClN2OS/c16-13-3-1-11(2-4-13)14-10-20-8-7-18(14)15(19)12-5-6-17-9-12/h1-4,12,14,17H,5-10H2. The van der Waals surface area contributed by atoms with Crippen LogP contribution in [0.1, 0.15) is 18.0 Å². The van der Waals surface area contributed by atoms with Crippen molar-refractivity contribution < 1.29 is 4.79 Å². The zero-order valence-corrected chi connectivity index (χ0v) is 12.9. The molecule has 0 saturated carbocycles. The van der Waals surface area contributed by atoms with Crippen LogP contribution in [0.2, 0.25) is 5.02 Å². The van der Waals surface area contributed by atoms with E-state index in [-0.39, 0.29) is 12.0 Å². The second kappa shape index (κ2) is 6.37. The van der Waals surface area contributed by atoms with Crippen molar-refractivity contribution in [1.82, 2.24) is 10.2 Å². The van der Waals surface area contributed by atoms with E-state index in [1.807, 2.05) is 36.0 Å². The smallest absolute Gasteiger partial charge is 0.227 e. The van der Waals surface area contributed by atoms with E-state index in [1.54, 1.807) is 0 Å². The predicted molar refractivity (Wildman–Crippen MR) is 84.2 cm³/mol. The molecule has 2 unspecified atom stereocenters. The van der Waals surface area contributed by atoms with Gasteiger partial charge >= 0.3 is 0 Å². The van der Waals surface area contributed by atoms with Gasteiger partial charge in [0.1, 0.15) is 0 Å². The van der Waals surface area contributed by atoms with Crippen LogP contribution in [-0.2, 0) is 4.79 Å². The van der Waals surface area contributed by atoms with Gasteiger partial charge in [0.15, 0.2) is 0 Å². The van der Waals surface area contributed by atoms with Crippen LogP contribution in [0.25, 0.3) is 0 Å². The maximum absolute atomic E-state index is 12.7. The van der Waals surface area contributed by atoms with Gasteiger partial charge in [0, 0.05) is 29.6 Å². The largest absolute Gasteiger partial charge is 0.334 e. The lowest BCUT2D eigenvalue weighted by molar-refractivity contribution is -0.136. The molecular formula is C15H19ClN2OS. The average molecular weight is 311 g/mol. The van der Waals surface area contributed by atoms with E-state index in [4.69, 9.17) is 11.6 Å². The van der Waals surface area contributed by atoms with E-state index < -0.39 is 0 Å². The predicted octanol–water partition coefficient (Wildman–Crippen LogP) is 2.57. The number of nitrogens with zero attached hydrogens (tertiary/aromatic N) is 1. The van der Waals surface area contributed by atoms with E-state index in [1.165, 1.54) is 5.56 Å². The van der Waals surface area contributed by atoms with Gasteiger partial charge in [-0.25, -0.2) is 0 Å². The molecule has 2 heterocycles.